The number of thioether (sulfide) groups is 1. The number of amides is 1. The van der Waals surface area contributed by atoms with Gasteiger partial charge in [-0.15, -0.1) is 10.2 Å². The summed E-state index contributed by atoms with van der Waals surface area (Å²) >= 11 is 7.53. The maximum absolute atomic E-state index is 13.4. The highest BCUT2D eigenvalue weighted by atomic mass is 35.5. The Balaban J connectivity index is 1.84. The lowest BCUT2D eigenvalue weighted by molar-refractivity contribution is -0.113. The Morgan fingerprint density at radius 3 is 2.18 bits per heavy atom. The molecule has 0 aliphatic heterocycles. The number of halogens is 1. The average molecular weight is 654 g/mol. The molecule has 1 N–H and O–H groups in total. The first-order chi connectivity index (χ1) is 20.9. The fourth-order valence-corrected chi connectivity index (χ4v) is 7.51. The molecule has 0 aliphatic carbocycles. The van der Waals surface area contributed by atoms with Crippen LogP contribution in [0.1, 0.15) is 70.1 Å². The van der Waals surface area contributed by atoms with E-state index in [0.29, 0.717) is 40.3 Å². The van der Waals surface area contributed by atoms with Crippen LogP contribution in [-0.4, -0.2) is 52.2 Å². The second-order valence-electron chi connectivity index (χ2n) is 11.1. The van der Waals surface area contributed by atoms with Crippen LogP contribution in [0.25, 0.3) is 17.1 Å². The van der Waals surface area contributed by atoms with Crippen molar-refractivity contribution in [3.63, 3.8) is 0 Å². The third-order valence-electron chi connectivity index (χ3n) is 7.51. The molecule has 4 aromatic rings. The molecule has 44 heavy (non-hydrogen) atoms. The van der Waals surface area contributed by atoms with E-state index in [-0.39, 0.29) is 28.4 Å². The Labute approximate surface area is 270 Å². The van der Waals surface area contributed by atoms with E-state index in [0.717, 1.165) is 22.4 Å². The quantitative estimate of drug-likeness (QED) is 0.156. The first-order valence-corrected chi connectivity index (χ1v) is 17.6. The summed E-state index contributed by atoms with van der Waals surface area (Å²) in [5.74, 6) is 0.747. The van der Waals surface area contributed by atoms with E-state index >= 15 is 0 Å². The molecule has 1 amide bonds. The molecule has 4 rings (SSSR count). The maximum atomic E-state index is 13.4. The lowest BCUT2D eigenvalue weighted by Gasteiger charge is -2.23. The summed E-state index contributed by atoms with van der Waals surface area (Å²) in [4.78, 5) is 13.3. The molecule has 0 unspecified atom stereocenters. The summed E-state index contributed by atoms with van der Waals surface area (Å²) in [6.07, 6.45) is 0. The summed E-state index contributed by atoms with van der Waals surface area (Å²) < 4.78 is 30.3. The molecule has 0 spiro atoms. The minimum Gasteiger partial charge on any atom is -0.325 e. The third-order valence-corrected chi connectivity index (χ3v) is 10.9. The maximum Gasteiger partial charge on any atom is 0.243 e. The van der Waals surface area contributed by atoms with Gasteiger partial charge < -0.3 is 5.32 Å². The Kier molecular flexibility index (Phi) is 10.9. The van der Waals surface area contributed by atoms with Gasteiger partial charge in [0.1, 0.15) is 0 Å². The molecular weight excluding hydrogens is 614 g/mol. The lowest BCUT2D eigenvalue weighted by Crippen LogP contribution is -2.30. The second kappa shape index (κ2) is 14.3. The van der Waals surface area contributed by atoms with E-state index < -0.39 is 10.0 Å². The van der Waals surface area contributed by atoms with Crippen molar-refractivity contribution in [2.45, 2.75) is 70.4 Å². The minimum absolute atomic E-state index is 0.0846. The number of rotatable bonds is 12. The van der Waals surface area contributed by atoms with Gasteiger partial charge >= 0.3 is 0 Å². The Hall–Kier alpha value is -3.18. The molecule has 234 valence electrons. The molecule has 8 nitrogen and oxygen atoms in total. The number of carbonyl (C=O) groups is 1. The molecule has 0 aliphatic rings. The number of carbonyl (C=O) groups excluding carboxylic acids is 1. The molecular formula is C33H40ClN5O3S2. The van der Waals surface area contributed by atoms with E-state index in [9.17, 15) is 13.2 Å². The van der Waals surface area contributed by atoms with Gasteiger partial charge in [-0.05, 0) is 59.7 Å². The molecule has 11 heteroatoms. The number of sulfonamides is 1. The molecule has 3 aromatic carbocycles. The fourth-order valence-electron chi connectivity index (χ4n) is 5.09. The molecule has 0 saturated heterocycles. The summed E-state index contributed by atoms with van der Waals surface area (Å²) in [7, 11) is -3.70. The Morgan fingerprint density at radius 1 is 0.955 bits per heavy atom. The van der Waals surface area contributed by atoms with Crippen LogP contribution in [-0.2, 0) is 14.8 Å². The molecule has 1 aromatic heterocycles. The van der Waals surface area contributed by atoms with Crippen molar-refractivity contribution in [3.05, 3.63) is 82.4 Å². The highest BCUT2D eigenvalue weighted by Gasteiger charge is 2.26. The largest absolute Gasteiger partial charge is 0.325 e. The van der Waals surface area contributed by atoms with E-state index in [2.05, 4.69) is 61.4 Å². The summed E-state index contributed by atoms with van der Waals surface area (Å²) in [6.45, 7) is 14.8. The van der Waals surface area contributed by atoms with Gasteiger partial charge in [0.2, 0.25) is 15.9 Å². The van der Waals surface area contributed by atoms with Crippen LogP contribution < -0.4 is 5.32 Å². The number of para-hydroxylation sites is 1. The first-order valence-electron chi connectivity index (χ1n) is 14.8. The molecule has 0 fully saturated rings. The predicted molar refractivity (Wildman–Crippen MR) is 181 cm³/mol. The van der Waals surface area contributed by atoms with Crippen LogP contribution in [0.3, 0.4) is 0 Å². The zero-order valence-corrected chi connectivity index (χ0v) is 28.6. The number of anilines is 1. The number of hydrogen-bond donors (Lipinski definition) is 1. The smallest absolute Gasteiger partial charge is 0.243 e. The van der Waals surface area contributed by atoms with Gasteiger partial charge in [-0.2, -0.15) is 4.31 Å². The predicted octanol–water partition coefficient (Wildman–Crippen LogP) is 7.90. The van der Waals surface area contributed by atoms with E-state index in [1.165, 1.54) is 16.1 Å². The minimum atomic E-state index is -3.70. The zero-order valence-electron chi connectivity index (χ0n) is 26.3. The van der Waals surface area contributed by atoms with E-state index in [1.54, 1.807) is 30.3 Å². The van der Waals surface area contributed by atoms with Gasteiger partial charge in [-0.3, -0.25) is 9.36 Å². The number of nitrogens with one attached hydrogen (secondary N) is 1. The van der Waals surface area contributed by atoms with Crippen LogP contribution >= 0.6 is 23.4 Å². The lowest BCUT2D eigenvalue weighted by atomic mass is 9.92. The number of hydrogen-bond acceptors (Lipinski definition) is 6. The van der Waals surface area contributed by atoms with Crippen LogP contribution in [0.15, 0.2) is 70.7 Å². The molecule has 0 atom stereocenters. The monoisotopic (exact) mass is 653 g/mol. The van der Waals surface area contributed by atoms with Gasteiger partial charge in [0.25, 0.3) is 0 Å². The highest BCUT2D eigenvalue weighted by molar-refractivity contribution is 7.99. The van der Waals surface area contributed by atoms with Gasteiger partial charge in [0.05, 0.1) is 16.3 Å². The normalized spacial score (nSPS) is 12.0. The van der Waals surface area contributed by atoms with Crippen LogP contribution in [0.5, 0.6) is 0 Å². The van der Waals surface area contributed by atoms with Gasteiger partial charge in [-0.25, -0.2) is 8.42 Å². The number of benzene rings is 3. The molecule has 0 bridgehead atoms. The second-order valence-corrected chi connectivity index (χ2v) is 14.4. The van der Waals surface area contributed by atoms with Crippen molar-refractivity contribution in [2.75, 3.05) is 24.2 Å². The SMILES string of the molecule is CCN(CC)S(=O)(=O)c1cccc(-c2nnc(SCC(=O)Nc3cccc(Cl)c3C)n2-c2c(C(C)C)cccc2C(C)C)c1. The van der Waals surface area contributed by atoms with Crippen molar-refractivity contribution in [3.8, 4) is 17.1 Å². The van der Waals surface area contributed by atoms with Crippen molar-refractivity contribution in [1.29, 1.82) is 0 Å². The number of aromatic nitrogens is 3. The van der Waals surface area contributed by atoms with Crippen LogP contribution in [0, 0.1) is 6.92 Å². The highest BCUT2D eigenvalue weighted by Crippen LogP contribution is 2.37. The Bertz CT molecular complexity index is 1720. The summed E-state index contributed by atoms with van der Waals surface area (Å²) in [5.41, 5.74) is 5.22. The van der Waals surface area contributed by atoms with Crippen molar-refractivity contribution in [1.82, 2.24) is 19.1 Å². The van der Waals surface area contributed by atoms with E-state index in [1.807, 2.05) is 37.5 Å². The van der Waals surface area contributed by atoms with Crippen molar-refractivity contribution < 1.29 is 13.2 Å². The topological polar surface area (TPSA) is 97.2 Å². The molecule has 0 saturated carbocycles. The van der Waals surface area contributed by atoms with E-state index in [4.69, 9.17) is 11.6 Å². The molecule has 1 heterocycles. The third kappa shape index (κ3) is 7.04. The first kappa shape index (κ1) is 33.7. The summed E-state index contributed by atoms with van der Waals surface area (Å²) in [5, 5.41) is 13.2. The number of nitrogens with zero attached hydrogens (tertiary/aromatic N) is 4. The molecule has 0 radical (unpaired) electrons. The standard InChI is InChI=1S/C33H40ClN5O3S2/c1-8-38(9-2)44(41,42)25-14-10-13-24(19-25)32-36-37-33(43-20-30(40)35-29-18-12-17-28(34)23(29)7)39(32)31-26(21(3)4)15-11-16-27(31)22(5)6/h10-19,21-22H,8-9,20H2,1-7H3,(H,35,40). The van der Waals surface area contributed by atoms with Crippen molar-refractivity contribution in [2.24, 2.45) is 0 Å². The van der Waals surface area contributed by atoms with Gasteiger partial charge in [-0.1, -0.05) is 101 Å². The van der Waals surface area contributed by atoms with Crippen LogP contribution in [0.4, 0.5) is 5.69 Å². The summed E-state index contributed by atoms with van der Waals surface area (Å²) in [6, 6.07) is 18.5. The van der Waals surface area contributed by atoms with Gasteiger partial charge in [0.15, 0.2) is 11.0 Å². The van der Waals surface area contributed by atoms with Crippen LogP contribution in [0.2, 0.25) is 5.02 Å². The zero-order chi connectivity index (χ0) is 32.2. The van der Waals surface area contributed by atoms with Gasteiger partial charge in [0, 0.05) is 29.4 Å². The fraction of sp³-hybridized carbons (Fsp3) is 0.364. The average Bonchev–Trinajstić information content (AvgIpc) is 3.42. The van der Waals surface area contributed by atoms with Crippen molar-refractivity contribution >= 4 is 45.0 Å². The Morgan fingerprint density at radius 2 is 1.57 bits per heavy atom.